The predicted molar refractivity (Wildman–Crippen MR) is 87.2 cm³/mol. The molecule has 1 N–H and O–H groups in total. The van der Waals surface area contributed by atoms with Gasteiger partial charge in [0, 0.05) is 6.54 Å². The van der Waals surface area contributed by atoms with Gasteiger partial charge >= 0.3 is 0 Å². The summed E-state index contributed by atoms with van der Waals surface area (Å²) in [5.74, 6) is 0.00188. The summed E-state index contributed by atoms with van der Waals surface area (Å²) in [7, 11) is 0. The maximum atomic E-state index is 12.0. The molecule has 0 saturated heterocycles. The second kappa shape index (κ2) is 7.40. The van der Waals surface area contributed by atoms with Gasteiger partial charge in [-0.15, -0.1) is 5.10 Å². The van der Waals surface area contributed by atoms with Gasteiger partial charge in [0.15, 0.2) is 0 Å². The molecule has 2 aromatic rings. The number of aromatic nitrogens is 4. The van der Waals surface area contributed by atoms with Crippen LogP contribution in [0.3, 0.4) is 0 Å². The van der Waals surface area contributed by atoms with Gasteiger partial charge in [-0.05, 0) is 49.2 Å². The molecule has 6 nitrogen and oxygen atoms in total. The molecule has 1 aromatic carbocycles. The van der Waals surface area contributed by atoms with Crippen LogP contribution in [0.1, 0.15) is 31.4 Å². The minimum atomic E-state index is -0.248. The van der Waals surface area contributed by atoms with Gasteiger partial charge in [-0.25, -0.2) is 0 Å². The maximum absolute atomic E-state index is 12.0. The van der Waals surface area contributed by atoms with Crippen molar-refractivity contribution in [2.45, 2.75) is 44.5 Å². The molecule has 1 aromatic heterocycles. The summed E-state index contributed by atoms with van der Waals surface area (Å²) >= 11 is 1.36. The van der Waals surface area contributed by atoms with Gasteiger partial charge in [0.1, 0.15) is 0 Å². The topological polar surface area (TPSA) is 72.7 Å². The van der Waals surface area contributed by atoms with Crippen LogP contribution < -0.4 is 5.32 Å². The Bertz CT molecular complexity index is 655. The Morgan fingerprint density at radius 2 is 2.18 bits per heavy atom. The van der Waals surface area contributed by atoms with Crippen molar-refractivity contribution in [1.82, 2.24) is 25.5 Å². The lowest BCUT2D eigenvalue weighted by Crippen LogP contribution is -2.31. The largest absolute Gasteiger partial charge is 0.355 e. The fraction of sp³-hybridized carbons (Fsp3) is 0.467. The standard InChI is InChI=1S/C15H21N5OS/c1-5-8-16-14(21)12(4)22-15-17-18-19-20(15)13-7-6-10(2)9-11(13)3/h6-7,9,12H,5,8H2,1-4H3,(H,16,21)/t12-/m0/s1. The SMILES string of the molecule is CCCNC(=O)[C@H](C)Sc1nnnn1-c1ccc(C)cc1C. The van der Waals surface area contributed by atoms with Crippen LogP contribution in [0.5, 0.6) is 0 Å². The van der Waals surface area contributed by atoms with Crippen molar-refractivity contribution in [1.29, 1.82) is 0 Å². The van der Waals surface area contributed by atoms with Gasteiger partial charge in [-0.1, -0.05) is 36.4 Å². The number of hydrogen-bond acceptors (Lipinski definition) is 5. The van der Waals surface area contributed by atoms with E-state index in [9.17, 15) is 4.79 Å². The minimum absolute atomic E-state index is 0.00188. The summed E-state index contributed by atoms with van der Waals surface area (Å²) in [5.41, 5.74) is 3.22. The van der Waals surface area contributed by atoms with Crippen LogP contribution in [0.25, 0.3) is 5.69 Å². The number of nitrogens with zero attached hydrogens (tertiary/aromatic N) is 4. The van der Waals surface area contributed by atoms with Gasteiger partial charge in [-0.2, -0.15) is 4.68 Å². The quantitative estimate of drug-likeness (QED) is 0.827. The normalized spacial score (nSPS) is 12.2. The number of thioether (sulfide) groups is 1. The molecule has 1 heterocycles. The van der Waals surface area contributed by atoms with Crippen molar-refractivity contribution >= 4 is 17.7 Å². The predicted octanol–water partition coefficient (Wildman–Crippen LogP) is 2.29. The van der Waals surface area contributed by atoms with Gasteiger partial charge in [-0.3, -0.25) is 4.79 Å². The van der Waals surface area contributed by atoms with Crippen molar-refractivity contribution in [2.75, 3.05) is 6.54 Å². The Balaban J connectivity index is 2.17. The molecule has 1 amide bonds. The molecule has 0 aliphatic carbocycles. The summed E-state index contributed by atoms with van der Waals surface area (Å²) in [6.45, 7) is 8.64. The molecular weight excluding hydrogens is 298 g/mol. The van der Waals surface area contributed by atoms with Crippen molar-refractivity contribution in [3.63, 3.8) is 0 Å². The second-order valence-electron chi connectivity index (χ2n) is 5.21. The lowest BCUT2D eigenvalue weighted by Gasteiger charge is -2.12. The van der Waals surface area contributed by atoms with Crippen molar-refractivity contribution in [3.8, 4) is 5.69 Å². The molecule has 0 aliphatic rings. The number of rotatable bonds is 6. The number of hydrogen-bond donors (Lipinski definition) is 1. The molecule has 118 valence electrons. The van der Waals surface area contributed by atoms with Crippen LogP contribution in [0.4, 0.5) is 0 Å². The van der Waals surface area contributed by atoms with E-state index >= 15 is 0 Å². The van der Waals surface area contributed by atoms with Crippen LogP contribution in [0.15, 0.2) is 23.4 Å². The van der Waals surface area contributed by atoms with E-state index in [0.29, 0.717) is 11.7 Å². The van der Waals surface area contributed by atoms with Crippen molar-refractivity contribution in [2.24, 2.45) is 0 Å². The third kappa shape index (κ3) is 3.85. The molecule has 22 heavy (non-hydrogen) atoms. The molecule has 0 unspecified atom stereocenters. The van der Waals surface area contributed by atoms with E-state index in [2.05, 4.69) is 26.9 Å². The highest BCUT2D eigenvalue weighted by Gasteiger charge is 2.19. The highest BCUT2D eigenvalue weighted by molar-refractivity contribution is 8.00. The van der Waals surface area contributed by atoms with Gasteiger partial charge in [0.05, 0.1) is 10.9 Å². The van der Waals surface area contributed by atoms with Crippen LogP contribution in [0, 0.1) is 13.8 Å². The number of nitrogens with one attached hydrogen (secondary N) is 1. The molecule has 2 rings (SSSR count). The van der Waals surface area contributed by atoms with E-state index < -0.39 is 0 Å². The fourth-order valence-electron chi connectivity index (χ4n) is 2.05. The molecule has 1 atom stereocenters. The number of aryl methyl sites for hydroxylation is 2. The summed E-state index contributed by atoms with van der Waals surface area (Å²) in [4.78, 5) is 12.0. The number of carbonyl (C=O) groups is 1. The zero-order valence-corrected chi connectivity index (χ0v) is 14.1. The third-order valence-corrected chi connectivity index (χ3v) is 4.26. The van der Waals surface area contributed by atoms with Gasteiger partial charge in [0.25, 0.3) is 0 Å². The Kier molecular flexibility index (Phi) is 5.54. The van der Waals surface area contributed by atoms with E-state index in [1.54, 1.807) is 4.68 Å². The average molecular weight is 319 g/mol. The van der Waals surface area contributed by atoms with E-state index in [0.717, 1.165) is 17.7 Å². The van der Waals surface area contributed by atoms with E-state index in [-0.39, 0.29) is 11.2 Å². The van der Waals surface area contributed by atoms with Gasteiger partial charge < -0.3 is 5.32 Å². The number of carbonyl (C=O) groups excluding carboxylic acids is 1. The Hall–Kier alpha value is -1.89. The van der Waals surface area contributed by atoms with Crippen molar-refractivity contribution in [3.05, 3.63) is 29.3 Å². The van der Waals surface area contributed by atoms with E-state index in [4.69, 9.17) is 0 Å². The molecule has 0 radical (unpaired) electrons. The monoisotopic (exact) mass is 319 g/mol. The first-order valence-corrected chi connectivity index (χ1v) is 8.21. The van der Waals surface area contributed by atoms with Gasteiger partial charge in [0.2, 0.25) is 11.1 Å². The van der Waals surface area contributed by atoms with Crippen LogP contribution in [0.2, 0.25) is 0 Å². The highest BCUT2D eigenvalue weighted by atomic mass is 32.2. The Labute approximate surface area is 134 Å². The Morgan fingerprint density at radius 3 is 2.86 bits per heavy atom. The summed E-state index contributed by atoms with van der Waals surface area (Å²) < 4.78 is 1.68. The molecule has 0 saturated carbocycles. The average Bonchev–Trinajstić information content (AvgIpc) is 2.92. The lowest BCUT2D eigenvalue weighted by atomic mass is 10.1. The summed E-state index contributed by atoms with van der Waals surface area (Å²) in [6, 6.07) is 6.10. The fourth-order valence-corrected chi connectivity index (χ4v) is 2.88. The number of tetrazole rings is 1. The van der Waals surface area contributed by atoms with Crippen LogP contribution >= 0.6 is 11.8 Å². The smallest absolute Gasteiger partial charge is 0.233 e. The highest BCUT2D eigenvalue weighted by Crippen LogP contribution is 2.24. The Morgan fingerprint density at radius 1 is 1.41 bits per heavy atom. The molecule has 0 fully saturated rings. The first-order valence-electron chi connectivity index (χ1n) is 7.33. The lowest BCUT2D eigenvalue weighted by molar-refractivity contribution is -0.120. The van der Waals surface area contributed by atoms with E-state index in [1.807, 2.05) is 39.8 Å². The molecule has 0 aliphatic heterocycles. The molecule has 0 bridgehead atoms. The number of benzene rings is 1. The first-order chi connectivity index (χ1) is 10.5. The van der Waals surface area contributed by atoms with Crippen molar-refractivity contribution < 1.29 is 4.79 Å². The van der Waals surface area contributed by atoms with Crippen LogP contribution in [-0.4, -0.2) is 37.9 Å². The zero-order valence-electron chi connectivity index (χ0n) is 13.3. The minimum Gasteiger partial charge on any atom is -0.355 e. The maximum Gasteiger partial charge on any atom is 0.233 e. The third-order valence-electron chi connectivity index (χ3n) is 3.22. The summed E-state index contributed by atoms with van der Waals surface area (Å²) in [5, 5.41) is 15.1. The zero-order chi connectivity index (χ0) is 16.1. The molecule has 7 heteroatoms. The van der Waals surface area contributed by atoms with Crippen LogP contribution in [-0.2, 0) is 4.79 Å². The number of amides is 1. The molecular formula is C15H21N5OS. The summed E-state index contributed by atoms with van der Waals surface area (Å²) in [6.07, 6.45) is 0.920. The first kappa shape index (κ1) is 16.5. The second-order valence-corrected chi connectivity index (χ2v) is 6.52. The molecule has 0 spiro atoms. The van der Waals surface area contributed by atoms with E-state index in [1.165, 1.54) is 17.3 Å².